The highest BCUT2D eigenvalue weighted by atomic mass is 35.5. The molecule has 0 aliphatic rings. The Morgan fingerprint density at radius 1 is 1.00 bits per heavy atom. The van der Waals surface area contributed by atoms with Gasteiger partial charge in [-0.05, 0) is 46.3 Å². The summed E-state index contributed by atoms with van der Waals surface area (Å²) in [5.74, 6) is 1.88. The fourth-order valence-corrected chi connectivity index (χ4v) is 4.49. The molecule has 0 unspecified atom stereocenters. The van der Waals surface area contributed by atoms with E-state index in [0.717, 1.165) is 34.3 Å². The summed E-state index contributed by atoms with van der Waals surface area (Å²) in [6.45, 7) is 1.69. The predicted molar refractivity (Wildman–Crippen MR) is 143 cm³/mol. The maximum Gasteiger partial charge on any atom is 0.214 e. The normalized spacial score (nSPS) is 10.6. The lowest BCUT2D eigenvalue weighted by Crippen LogP contribution is -2.17. The molecule has 35 heavy (non-hydrogen) atoms. The quantitative estimate of drug-likeness (QED) is 0.184. The van der Waals surface area contributed by atoms with E-state index in [9.17, 15) is 0 Å². The lowest BCUT2D eigenvalue weighted by atomic mass is 10.2. The average molecular weight is 553 g/mol. The minimum Gasteiger partial charge on any atom is -0.493 e. The van der Waals surface area contributed by atoms with Gasteiger partial charge in [-0.1, -0.05) is 71.4 Å². The van der Waals surface area contributed by atoms with E-state index in [2.05, 4.69) is 20.8 Å². The van der Waals surface area contributed by atoms with Gasteiger partial charge in [0.2, 0.25) is 5.16 Å². The molecule has 0 radical (unpaired) electrons. The number of hydrogen-bond acceptors (Lipinski definition) is 7. The van der Waals surface area contributed by atoms with E-state index in [1.54, 1.807) is 23.6 Å². The third-order valence-corrected chi connectivity index (χ3v) is 6.47. The van der Waals surface area contributed by atoms with Crippen LogP contribution in [0.5, 0.6) is 11.5 Å². The maximum absolute atomic E-state index is 6.51. The molecule has 0 bridgehead atoms. The monoisotopic (exact) mass is 551 g/mol. The standard InChI is InChI=1S/C24H23Cl2N5O2S.ClH/c1-32-22-14-17(13-21(26)23(22)33-16-18-7-5-6-10-20(18)25)15-27-11-12-34-24-28-29-30-31(24)19-8-3-2-4-9-19;/h2-10,13-14,27H,11-12,15-16H2,1H3;1H. The second kappa shape index (κ2) is 13.6. The van der Waals surface area contributed by atoms with Gasteiger partial charge in [-0.15, -0.1) is 17.5 Å². The van der Waals surface area contributed by atoms with Crippen molar-refractivity contribution >= 4 is 47.4 Å². The molecule has 0 saturated carbocycles. The topological polar surface area (TPSA) is 74.1 Å². The number of halogens is 3. The zero-order chi connectivity index (χ0) is 23.8. The SMILES string of the molecule is COc1cc(CNCCSc2nnnn2-c2ccccc2)cc(Cl)c1OCc1ccccc1Cl.Cl. The van der Waals surface area contributed by atoms with Crippen molar-refractivity contribution in [3.05, 3.63) is 87.9 Å². The Hall–Kier alpha value is -2.49. The second-order valence-corrected chi connectivity index (χ2v) is 9.10. The summed E-state index contributed by atoms with van der Waals surface area (Å²) in [6.07, 6.45) is 0. The van der Waals surface area contributed by atoms with Gasteiger partial charge in [0.15, 0.2) is 11.5 Å². The summed E-state index contributed by atoms with van der Waals surface area (Å²) < 4.78 is 13.2. The van der Waals surface area contributed by atoms with Gasteiger partial charge in [0.25, 0.3) is 0 Å². The molecule has 3 aromatic carbocycles. The second-order valence-electron chi connectivity index (χ2n) is 7.22. The van der Waals surface area contributed by atoms with Crippen LogP contribution in [-0.4, -0.2) is 39.6 Å². The van der Waals surface area contributed by atoms with Crippen molar-refractivity contribution in [2.45, 2.75) is 18.3 Å². The number of para-hydroxylation sites is 1. The van der Waals surface area contributed by atoms with E-state index in [4.69, 9.17) is 32.7 Å². The number of ether oxygens (including phenoxy) is 2. The van der Waals surface area contributed by atoms with Crippen molar-refractivity contribution in [2.24, 2.45) is 0 Å². The highest BCUT2D eigenvalue weighted by Crippen LogP contribution is 2.37. The number of nitrogens with one attached hydrogen (secondary N) is 1. The first-order valence-electron chi connectivity index (χ1n) is 10.6. The largest absolute Gasteiger partial charge is 0.493 e. The van der Waals surface area contributed by atoms with Crippen LogP contribution >= 0.6 is 47.4 Å². The minimum absolute atomic E-state index is 0. The number of methoxy groups -OCH3 is 1. The molecule has 0 aliphatic carbocycles. The molecule has 7 nitrogen and oxygen atoms in total. The van der Waals surface area contributed by atoms with Crippen LogP contribution in [0.3, 0.4) is 0 Å². The predicted octanol–water partition coefficient (Wildman–Crippen LogP) is 5.86. The van der Waals surface area contributed by atoms with Crippen molar-refractivity contribution in [1.82, 2.24) is 25.5 Å². The Bertz CT molecular complexity index is 1230. The molecule has 1 aromatic heterocycles. The molecule has 0 atom stereocenters. The van der Waals surface area contributed by atoms with Crippen LogP contribution in [-0.2, 0) is 13.2 Å². The van der Waals surface area contributed by atoms with Crippen LogP contribution in [0.15, 0.2) is 71.9 Å². The van der Waals surface area contributed by atoms with Gasteiger partial charge in [-0.25, -0.2) is 0 Å². The van der Waals surface area contributed by atoms with Gasteiger partial charge in [0.1, 0.15) is 6.61 Å². The first-order chi connectivity index (χ1) is 16.7. The summed E-state index contributed by atoms with van der Waals surface area (Å²) in [7, 11) is 1.60. The Balaban J connectivity index is 0.00000342. The van der Waals surface area contributed by atoms with Crippen LogP contribution in [0.2, 0.25) is 10.0 Å². The maximum atomic E-state index is 6.51. The summed E-state index contributed by atoms with van der Waals surface area (Å²) in [6, 6.07) is 21.2. The van der Waals surface area contributed by atoms with Gasteiger partial charge >= 0.3 is 0 Å². The number of tetrazole rings is 1. The third-order valence-electron chi connectivity index (χ3n) is 4.90. The van der Waals surface area contributed by atoms with Crippen molar-refractivity contribution in [2.75, 3.05) is 19.4 Å². The van der Waals surface area contributed by atoms with Crippen molar-refractivity contribution < 1.29 is 9.47 Å². The molecular weight excluding hydrogens is 529 g/mol. The van der Waals surface area contributed by atoms with E-state index >= 15 is 0 Å². The zero-order valence-corrected chi connectivity index (χ0v) is 22.0. The van der Waals surface area contributed by atoms with Gasteiger partial charge in [-0.2, -0.15) is 4.68 Å². The first-order valence-corrected chi connectivity index (χ1v) is 12.3. The van der Waals surface area contributed by atoms with Crippen LogP contribution in [0.1, 0.15) is 11.1 Å². The molecule has 0 fully saturated rings. The summed E-state index contributed by atoms with van der Waals surface area (Å²) in [5, 5.41) is 17.3. The molecule has 0 spiro atoms. The van der Waals surface area contributed by atoms with Crippen molar-refractivity contribution in [3.8, 4) is 17.2 Å². The summed E-state index contributed by atoms with van der Waals surface area (Å²) in [5.41, 5.74) is 2.80. The molecule has 11 heteroatoms. The van der Waals surface area contributed by atoms with E-state index in [1.165, 1.54) is 0 Å². The number of hydrogen-bond donors (Lipinski definition) is 1. The lowest BCUT2D eigenvalue weighted by molar-refractivity contribution is 0.284. The van der Waals surface area contributed by atoms with Crippen LogP contribution < -0.4 is 14.8 Å². The Morgan fingerprint density at radius 2 is 1.77 bits per heavy atom. The zero-order valence-electron chi connectivity index (χ0n) is 18.9. The van der Waals surface area contributed by atoms with Gasteiger partial charge in [-0.3, -0.25) is 0 Å². The molecule has 184 valence electrons. The van der Waals surface area contributed by atoms with Gasteiger partial charge in [0.05, 0.1) is 17.8 Å². The Morgan fingerprint density at radius 3 is 2.54 bits per heavy atom. The number of nitrogens with zero attached hydrogens (tertiary/aromatic N) is 4. The van der Waals surface area contributed by atoms with E-state index in [0.29, 0.717) is 34.7 Å². The molecule has 0 saturated heterocycles. The highest BCUT2D eigenvalue weighted by Gasteiger charge is 2.13. The molecule has 0 amide bonds. The summed E-state index contributed by atoms with van der Waals surface area (Å²) >= 11 is 14.3. The smallest absolute Gasteiger partial charge is 0.214 e. The molecule has 1 heterocycles. The van der Waals surface area contributed by atoms with Gasteiger partial charge < -0.3 is 14.8 Å². The number of aromatic nitrogens is 4. The highest BCUT2D eigenvalue weighted by molar-refractivity contribution is 7.99. The minimum atomic E-state index is 0. The molecule has 4 aromatic rings. The fraction of sp³-hybridized carbons (Fsp3) is 0.208. The van der Waals surface area contributed by atoms with Crippen LogP contribution in [0, 0.1) is 0 Å². The van der Waals surface area contributed by atoms with Crippen molar-refractivity contribution in [3.63, 3.8) is 0 Å². The third kappa shape index (κ3) is 7.25. The average Bonchev–Trinajstić information content (AvgIpc) is 3.33. The Labute approximate surface area is 224 Å². The number of thioether (sulfide) groups is 1. The van der Waals surface area contributed by atoms with Crippen LogP contribution in [0.4, 0.5) is 0 Å². The lowest BCUT2D eigenvalue weighted by Gasteiger charge is -2.15. The van der Waals surface area contributed by atoms with E-state index < -0.39 is 0 Å². The Kier molecular flexibility index (Phi) is 10.5. The van der Waals surface area contributed by atoms with E-state index in [-0.39, 0.29) is 12.4 Å². The van der Waals surface area contributed by atoms with Crippen molar-refractivity contribution in [1.29, 1.82) is 0 Å². The first kappa shape index (κ1) is 27.1. The molecular formula is C24H24Cl3N5O2S. The molecule has 1 N–H and O–H groups in total. The van der Waals surface area contributed by atoms with E-state index in [1.807, 2.05) is 66.7 Å². The van der Waals surface area contributed by atoms with Gasteiger partial charge in [0, 0.05) is 29.4 Å². The summed E-state index contributed by atoms with van der Waals surface area (Å²) in [4.78, 5) is 0. The number of benzene rings is 3. The molecule has 4 rings (SSSR count). The molecule has 0 aliphatic heterocycles. The van der Waals surface area contributed by atoms with Crippen LogP contribution in [0.25, 0.3) is 5.69 Å². The number of rotatable bonds is 11. The fourth-order valence-electron chi connectivity index (χ4n) is 3.23.